The Morgan fingerprint density at radius 3 is 2.57 bits per heavy atom. The highest BCUT2D eigenvalue weighted by molar-refractivity contribution is 5.85. The first kappa shape index (κ1) is 19.7. The van der Waals surface area contributed by atoms with Crippen molar-refractivity contribution in [2.45, 2.75) is 12.7 Å². The van der Waals surface area contributed by atoms with E-state index < -0.39 is 11.7 Å². The predicted molar refractivity (Wildman–Crippen MR) is 75.3 cm³/mol. The molecule has 120 valence electrons. The molecule has 1 amide bonds. The summed E-state index contributed by atoms with van der Waals surface area (Å²) in [4.78, 5) is 11.4. The molecular weight excluding hydrogens is 309 g/mol. The Morgan fingerprint density at radius 2 is 1.95 bits per heavy atom. The summed E-state index contributed by atoms with van der Waals surface area (Å²) in [5.74, 6) is -0.363. The highest BCUT2D eigenvalue weighted by Gasteiger charge is 2.32. The highest BCUT2D eigenvalue weighted by atomic mass is 35.5. The molecule has 0 aromatic heterocycles. The molecule has 0 fully saturated rings. The van der Waals surface area contributed by atoms with E-state index >= 15 is 0 Å². The average Bonchev–Trinajstić information content (AvgIpc) is 2.40. The van der Waals surface area contributed by atoms with Gasteiger partial charge in [-0.15, -0.1) is 12.4 Å². The van der Waals surface area contributed by atoms with Crippen LogP contribution in [0.25, 0.3) is 0 Å². The summed E-state index contributed by atoms with van der Waals surface area (Å²) in [5.41, 5.74) is -0.683. The van der Waals surface area contributed by atoms with Crippen LogP contribution in [-0.2, 0) is 22.3 Å². The van der Waals surface area contributed by atoms with Gasteiger partial charge in [-0.2, -0.15) is 13.2 Å². The largest absolute Gasteiger partial charge is 0.416 e. The normalized spacial score (nSPS) is 10.9. The van der Waals surface area contributed by atoms with Crippen LogP contribution in [0.2, 0.25) is 0 Å². The predicted octanol–water partition coefficient (Wildman–Crippen LogP) is 1.98. The van der Waals surface area contributed by atoms with Crippen molar-refractivity contribution >= 4 is 18.3 Å². The number of rotatable bonds is 7. The maximum atomic E-state index is 12.7. The third-order valence-corrected chi connectivity index (χ3v) is 2.57. The summed E-state index contributed by atoms with van der Waals surface area (Å²) >= 11 is 0. The van der Waals surface area contributed by atoms with E-state index in [0.717, 1.165) is 6.07 Å². The molecule has 1 aromatic carbocycles. The fourth-order valence-corrected chi connectivity index (χ4v) is 1.58. The first-order valence-corrected chi connectivity index (χ1v) is 6.06. The zero-order valence-corrected chi connectivity index (χ0v) is 12.3. The van der Waals surface area contributed by atoms with E-state index in [1.807, 2.05) is 0 Å². The topological polar surface area (TPSA) is 50.4 Å². The van der Waals surface area contributed by atoms with E-state index in [0.29, 0.717) is 13.2 Å². The minimum atomic E-state index is -4.42. The summed E-state index contributed by atoms with van der Waals surface area (Å²) in [6, 6.07) is 5.17. The summed E-state index contributed by atoms with van der Waals surface area (Å²) in [6.07, 6.45) is -4.42. The number of methoxy groups -OCH3 is 1. The van der Waals surface area contributed by atoms with Crippen LogP contribution in [0, 0.1) is 0 Å². The monoisotopic (exact) mass is 326 g/mol. The lowest BCUT2D eigenvalue weighted by molar-refractivity contribution is -0.138. The number of carbonyl (C=O) groups excluding carboxylic acids is 1. The van der Waals surface area contributed by atoms with E-state index in [9.17, 15) is 18.0 Å². The van der Waals surface area contributed by atoms with Gasteiger partial charge in [0.2, 0.25) is 5.91 Å². The summed E-state index contributed by atoms with van der Waals surface area (Å²) in [7, 11) is 1.54. The Morgan fingerprint density at radius 1 is 1.29 bits per heavy atom. The lowest BCUT2D eigenvalue weighted by atomic mass is 10.1. The molecule has 8 heteroatoms. The van der Waals surface area contributed by atoms with Crippen LogP contribution >= 0.6 is 12.4 Å². The van der Waals surface area contributed by atoms with E-state index in [1.54, 1.807) is 0 Å². The van der Waals surface area contributed by atoms with E-state index in [-0.39, 0.29) is 37.0 Å². The van der Waals surface area contributed by atoms with E-state index in [4.69, 9.17) is 4.74 Å². The third-order valence-electron chi connectivity index (χ3n) is 2.57. The van der Waals surface area contributed by atoms with Crippen LogP contribution in [-0.4, -0.2) is 32.7 Å². The first-order valence-electron chi connectivity index (χ1n) is 6.06. The van der Waals surface area contributed by atoms with Crippen LogP contribution in [0.3, 0.4) is 0 Å². The van der Waals surface area contributed by atoms with Gasteiger partial charge in [0.1, 0.15) is 0 Å². The molecule has 0 unspecified atom stereocenters. The van der Waals surface area contributed by atoms with Gasteiger partial charge in [-0.1, -0.05) is 18.2 Å². The summed E-state index contributed by atoms with van der Waals surface area (Å²) < 4.78 is 43.0. The lowest BCUT2D eigenvalue weighted by Crippen LogP contribution is -2.35. The molecule has 0 saturated heterocycles. The van der Waals surface area contributed by atoms with Crippen LogP contribution in [0.15, 0.2) is 24.3 Å². The number of halogens is 4. The Kier molecular flexibility index (Phi) is 9.00. The van der Waals surface area contributed by atoms with Gasteiger partial charge in [0.25, 0.3) is 0 Å². The van der Waals surface area contributed by atoms with Crippen molar-refractivity contribution in [3.8, 4) is 0 Å². The highest BCUT2D eigenvalue weighted by Crippen LogP contribution is 2.31. The molecule has 0 saturated carbocycles. The van der Waals surface area contributed by atoms with Crippen molar-refractivity contribution in [3.05, 3.63) is 35.4 Å². The number of nitrogens with one attached hydrogen (secondary N) is 2. The molecule has 0 spiro atoms. The zero-order chi connectivity index (χ0) is 15.0. The third kappa shape index (κ3) is 7.31. The molecule has 0 atom stereocenters. The standard InChI is InChI=1S/C13H17F3N2O2.ClH/c1-20-7-6-17-9-12(19)18-8-10-4-2-3-5-11(10)13(14,15)16;/h2-5,17H,6-9H2,1H3,(H,18,19);1H. The fraction of sp³-hybridized carbons (Fsp3) is 0.462. The molecule has 1 rings (SSSR count). The number of alkyl halides is 3. The van der Waals surface area contributed by atoms with Gasteiger partial charge >= 0.3 is 6.18 Å². The Hall–Kier alpha value is -1.31. The second-order valence-electron chi connectivity index (χ2n) is 4.10. The van der Waals surface area contributed by atoms with Crippen LogP contribution < -0.4 is 10.6 Å². The number of hydrogen-bond donors (Lipinski definition) is 2. The van der Waals surface area contributed by atoms with Gasteiger partial charge in [-0.05, 0) is 11.6 Å². The Bertz CT molecular complexity index is 442. The van der Waals surface area contributed by atoms with Gasteiger partial charge < -0.3 is 15.4 Å². The van der Waals surface area contributed by atoms with E-state index in [1.165, 1.54) is 25.3 Å². The second kappa shape index (κ2) is 9.59. The zero-order valence-electron chi connectivity index (χ0n) is 11.5. The number of hydrogen-bond acceptors (Lipinski definition) is 3. The molecule has 21 heavy (non-hydrogen) atoms. The van der Waals surface area contributed by atoms with Crippen LogP contribution in [0.5, 0.6) is 0 Å². The number of ether oxygens (including phenoxy) is 1. The second-order valence-corrected chi connectivity index (χ2v) is 4.10. The fourth-order valence-electron chi connectivity index (χ4n) is 1.58. The maximum absolute atomic E-state index is 12.7. The smallest absolute Gasteiger partial charge is 0.383 e. The van der Waals surface area contributed by atoms with Gasteiger partial charge in [0.05, 0.1) is 18.7 Å². The van der Waals surface area contributed by atoms with Crippen molar-refractivity contribution in [2.75, 3.05) is 26.8 Å². The summed E-state index contributed by atoms with van der Waals surface area (Å²) in [5, 5.41) is 5.25. The summed E-state index contributed by atoms with van der Waals surface area (Å²) in [6.45, 7) is 0.852. The lowest BCUT2D eigenvalue weighted by Gasteiger charge is -2.13. The van der Waals surface area contributed by atoms with Crippen LogP contribution in [0.1, 0.15) is 11.1 Å². The van der Waals surface area contributed by atoms with Crippen molar-refractivity contribution in [1.29, 1.82) is 0 Å². The van der Waals surface area contributed by atoms with Crippen molar-refractivity contribution in [1.82, 2.24) is 10.6 Å². The molecule has 0 bridgehead atoms. The van der Waals surface area contributed by atoms with Crippen LogP contribution in [0.4, 0.5) is 13.2 Å². The molecule has 0 aliphatic rings. The minimum Gasteiger partial charge on any atom is -0.383 e. The van der Waals surface area contributed by atoms with E-state index in [2.05, 4.69) is 10.6 Å². The molecule has 0 aliphatic carbocycles. The number of benzene rings is 1. The quantitative estimate of drug-likeness (QED) is 0.753. The molecule has 4 nitrogen and oxygen atoms in total. The van der Waals surface area contributed by atoms with Crippen molar-refractivity contribution in [3.63, 3.8) is 0 Å². The maximum Gasteiger partial charge on any atom is 0.416 e. The Labute approximate surface area is 127 Å². The van der Waals surface area contributed by atoms with Gasteiger partial charge in [0.15, 0.2) is 0 Å². The van der Waals surface area contributed by atoms with Crippen molar-refractivity contribution < 1.29 is 22.7 Å². The molecule has 0 radical (unpaired) electrons. The molecule has 0 aliphatic heterocycles. The minimum absolute atomic E-state index is 0. The van der Waals surface area contributed by atoms with Crippen molar-refractivity contribution in [2.24, 2.45) is 0 Å². The van der Waals surface area contributed by atoms with Gasteiger partial charge in [-0.3, -0.25) is 4.79 Å². The molecule has 1 aromatic rings. The molecular formula is C13H18ClF3N2O2. The SMILES string of the molecule is COCCNCC(=O)NCc1ccccc1C(F)(F)F.Cl. The van der Waals surface area contributed by atoms with Gasteiger partial charge in [-0.25, -0.2) is 0 Å². The number of carbonyl (C=O) groups is 1. The average molecular weight is 327 g/mol. The number of amides is 1. The first-order chi connectivity index (χ1) is 9.45. The molecule has 2 N–H and O–H groups in total. The molecule has 0 heterocycles. The Balaban J connectivity index is 0.00000400. The van der Waals surface area contributed by atoms with Gasteiger partial charge in [0, 0.05) is 20.2 Å².